The quantitative estimate of drug-likeness (QED) is 0.498. The summed E-state index contributed by atoms with van der Waals surface area (Å²) >= 11 is 5.08. The highest BCUT2D eigenvalue weighted by atomic mass is 32.1. The summed E-state index contributed by atoms with van der Waals surface area (Å²) in [7, 11) is 0. The molecule has 24 heavy (non-hydrogen) atoms. The van der Waals surface area contributed by atoms with Crippen LogP contribution in [0.15, 0.2) is 65.2 Å². The fraction of sp³-hybridized carbons (Fsp3) is 0. The van der Waals surface area contributed by atoms with Gasteiger partial charge in [0.25, 0.3) is 0 Å². The Morgan fingerprint density at radius 1 is 0.958 bits per heavy atom. The second-order valence-corrected chi connectivity index (χ2v) is 5.10. The minimum atomic E-state index is -0.582. The maximum Gasteiger partial charge on any atom is 0.328 e. The van der Waals surface area contributed by atoms with Crippen molar-refractivity contribution in [2.45, 2.75) is 0 Å². The Kier molecular flexibility index (Phi) is 4.78. The van der Waals surface area contributed by atoms with Crippen molar-refractivity contribution >= 4 is 28.9 Å². The molecule has 2 aromatic carbocycles. The predicted octanol–water partition coefficient (Wildman–Crippen LogP) is 2.37. The molecule has 3 rings (SSSR count). The van der Waals surface area contributed by atoms with Crippen LogP contribution in [0.1, 0.15) is 10.7 Å². The number of hydrazine groups is 1. The van der Waals surface area contributed by atoms with Crippen LogP contribution >= 0.6 is 12.2 Å². The van der Waals surface area contributed by atoms with E-state index in [1.807, 2.05) is 60.7 Å². The number of nitrogens with one attached hydrogen (secondary N) is 3. The Morgan fingerprint density at radius 2 is 1.62 bits per heavy atom. The van der Waals surface area contributed by atoms with E-state index in [2.05, 4.69) is 26.3 Å². The molecule has 0 aliphatic heterocycles. The van der Waals surface area contributed by atoms with Gasteiger partial charge in [0.2, 0.25) is 5.82 Å². The topological polar surface area (TPSA) is 92.1 Å². The normalized spacial score (nSPS) is 10.0. The van der Waals surface area contributed by atoms with Gasteiger partial charge in [0.1, 0.15) is 0 Å². The van der Waals surface area contributed by atoms with Crippen LogP contribution < -0.4 is 16.2 Å². The number of thiocarbonyl (C=S) groups is 1. The maximum atomic E-state index is 12.0. The van der Waals surface area contributed by atoms with Gasteiger partial charge in [-0.2, -0.15) is 4.98 Å². The van der Waals surface area contributed by atoms with E-state index in [0.29, 0.717) is 5.82 Å². The Hall–Kier alpha value is -3.26. The van der Waals surface area contributed by atoms with E-state index < -0.39 is 5.91 Å². The van der Waals surface area contributed by atoms with Gasteiger partial charge in [-0.3, -0.25) is 15.6 Å². The number of benzene rings is 2. The minimum Gasteiger partial charge on any atom is -0.331 e. The van der Waals surface area contributed by atoms with E-state index in [4.69, 9.17) is 16.7 Å². The van der Waals surface area contributed by atoms with E-state index in [1.165, 1.54) is 0 Å². The van der Waals surface area contributed by atoms with Crippen molar-refractivity contribution in [1.29, 1.82) is 0 Å². The zero-order valence-corrected chi connectivity index (χ0v) is 13.2. The Bertz CT molecular complexity index is 836. The van der Waals surface area contributed by atoms with Gasteiger partial charge < -0.3 is 9.84 Å². The molecule has 0 saturated carbocycles. The van der Waals surface area contributed by atoms with Crippen LogP contribution in [-0.4, -0.2) is 21.2 Å². The van der Waals surface area contributed by atoms with Crippen molar-refractivity contribution in [3.63, 3.8) is 0 Å². The highest BCUT2D eigenvalue weighted by molar-refractivity contribution is 7.80. The molecule has 1 amide bonds. The first kappa shape index (κ1) is 15.6. The summed E-state index contributed by atoms with van der Waals surface area (Å²) in [5.41, 5.74) is 6.52. The monoisotopic (exact) mass is 339 g/mol. The highest BCUT2D eigenvalue weighted by Crippen LogP contribution is 2.14. The number of rotatable bonds is 3. The molecule has 8 heteroatoms. The van der Waals surface area contributed by atoms with Gasteiger partial charge in [0, 0.05) is 11.3 Å². The number of aromatic nitrogens is 2. The van der Waals surface area contributed by atoms with Crippen LogP contribution in [0.5, 0.6) is 0 Å². The first-order chi connectivity index (χ1) is 11.7. The predicted molar refractivity (Wildman–Crippen MR) is 93.0 cm³/mol. The molecular weight excluding hydrogens is 326 g/mol. The van der Waals surface area contributed by atoms with Crippen LogP contribution in [0.25, 0.3) is 11.4 Å². The SMILES string of the molecule is O=C(NNC(=S)Nc1ccccc1)c1nc(-c2ccccc2)no1. The van der Waals surface area contributed by atoms with Gasteiger partial charge in [-0.25, -0.2) is 0 Å². The van der Waals surface area contributed by atoms with Crippen LogP contribution in [0.2, 0.25) is 0 Å². The molecule has 3 aromatic rings. The second-order valence-electron chi connectivity index (χ2n) is 4.69. The lowest BCUT2D eigenvalue weighted by atomic mass is 10.2. The summed E-state index contributed by atoms with van der Waals surface area (Å²) in [6.45, 7) is 0. The molecule has 0 fully saturated rings. The number of carbonyl (C=O) groups excluding carboxylic acids is 1. The van der Waals surface area contributed by atoms with Crippen molar-refractivity contribution in [3.05, 3.63) is 66.6 Å². The molecule has 0 atom stereocenters. The summed E-state index contributed by atoms with van der Waals surface area (Å²) in [6, 6.07) is 18.5. The minimum absolute atomic E-state index is 0.163. The summed E-state index contributed by atoms with van der Waals surface area (Å²) in [5, 5.41) is 6.93. The molecule has 3 N–H and O–H groups in total. The smallest absolute Gasteiger partial charge is 0.328 e. The Balaban J connectivity index is 1.56. The van der Waals surface area contributed by atoms with E-state index in [-0.39, 0.29) is 11.0 Å². The summed E-state index contributed by atoms with van der Waals surface area (Å²) in [5.74, 6) is -0.406. The largest absolute Gasteiger partial charge is 0.331 e. The standard InChI is InChI=1S/C16H13N5O2S/c22-14(19-20-16(24)17-12-9-5-2-6-10-12)15-18-13(21-23-15)11-7-3-1-4-8-11/h1-10H,(H,19,22)(H2,17,20,24). The molecule has 0 unspecified atom stereocenters. The van der Waals surface area contributed by atoms with Gasteiger partial charge in [0.05, 0.1) is 0 Å². The summed E-state index contributed by atoms with van der Waals surface area (Å²) < 4.78 is 4.95. The third-order valence-corrected chi connectivity index (χ3v) is 3.18. The number of amides is 1. The molecule has 1 aromatic heterocycles. The number of nitrogens with zero attached hydrogens (tertiary/aromatic N) is 2. The van der Waals surface area contributed by atoms with E-state index in [9.17, 15) is 4.79 Å². The van der Waals surface area contributed by atoms with Gasteiger partial charge in [-0.15, -0.1) is 0 Å². The van der Waals surface area contributed by atoms with Gasteiger partial charge >= 0.3 is 11.8 Å². The fourth-order valence-electron chi connectivity index (χ4n) is 1.87. The van der Waals surface area contributed by atoms with Crippen LogP contribution in [0, 0.1) is 0 Å². The zero-order valence-electron chi connectivity index (χ0n) is 12.4. The third kappa shape index (κ3) is 3.93. The van der Waals surface area contributed by atoms with E-state index >= 15 is 0 Å². The second kappa shape index (κ2) is 7.34. The molecule has 0 aliphatic carbocycles. The van der Waals surface area contributed by atoms with Crippen molar-refractivity contribution in [1.82, 2.24) is 21.0 Å². The van der Waals surface area contributed by atoms with Gasteiger partial charge in [-0.1, -0.05) is 53.7 Å². The first-order valence-corrected chi connectivity index (χ1v) is 7.45. The molecule has 0 aliphatic rings. The van der Waals surface area contributed by atoms with E-state index in [0.717, 1.165) is 11.3 Å². The maximum absolute atomic E-state index is 12.0. The molecule has 0 radical (unpaired) electrons. The number of carbonyl (C=O) groups is 1. The average molecular weight is 339 g/mol. The van der Waals surface area contributed by atoms with Crippen LogP contribution in [0.3, 0.4) is 0 Å². The van der Waals surface area contributed by atoms with Crippen LogP contribution in [0.4, 0.5) is 5.69 Å². The number of hydrogen-bond donors (Lipinski definition) is 3. The first-order valence-electron chi connectivity index (χ1n) is 7.04. The van der Waals surface area contributed by atoms with Crippen molar-refractivity contribution < 1.29 is 9.32 Å². The molecule has 120 valence electrons. The molecule has 0 saturated heterocycles. The number of hydrogen-bond acceptors (Lipinski definition) is 5. The lowest BCUT2D eigenvalue weighted by Crippen LogP contribution is -2.43. The lowest BCUT2D eigenvalue weighted by molar-refractivity contribution is 0.0900. The van der Waals surface area contributed by atoms with Crippen molar-refractivity contribution in [2.75, 3.05) is 5.32 Å². The molecule has 1 heterocycles. The van der Waals surface area contributed by atoms with Crippen molar-refractivity contribution in [2.24, 2.45) is 0 Å². The molecule has 0 spiro atoms. The van der Waals surface area contributed by atoms with Crippen LogP contribution in [-0.2, 0) is 0 Å². The van der Waals surface area contributed by atoms with Gasteiger partial charge in [0.15, 0.2) is 5.11 Å². The molecular formula is C16H13N5O2S. The molecule has 7 nitrogen and oxygen atoms in total. The number of anilines is 1. The third-order valence-electron chi connectivity index (χ3n) is 2.97. The zero-order chi connectivity index (χ0) is 16.8. The Morgan fingerprint density at radius 3 is 2.33 bits per heavy atom. The lowest BCUT2D eigenvalue weighted by Gasteiger charge is -2.09. The summed E-state index contributed by atoms with van der Waals surface area (Å²) in [4.78, 5) is 16.0. The Labute approximate surface area is 143 Å². The summed E-state index contributed by atoms with van der Waals surface area (Å²) in [6.07, 6.45) is 0. The number of para-hydroxylation sites is 1. The fourth-order valence-corrected chi connectivity index (χ4v) is 2.04. The van der Waals surface area contributed by atoms with Gasteiger partial charge in [-0.05, 0) is 24.4 Å². The van der Waals surface area contributed by atoms with Crippen molar-refractivity contribution in [3.8, 4) is 11.4 Å². The average Bonchev–Trinajstić information content (AvgIpc) is 3.11. The highest BCUT2D eigenvalue weighted by Gasteiger charge is 2.16. The molecule has 0 bridgehead atoms. The van der Waals surface area contributed by atoms with E-state index in [1.54, 1.807) is 0 Å².